The number of hydrogen-bond acceptors (Lipinski definition) is 8. The summed E-state index contributed by atoms with van der Waals surface area (Å²) in [7, 11) is -3.63. The molecule has 5 rings (SSSR count). The molecule has 0 radical (unpaired) electrons. The zero-order chi connectivity index (χ0) is 26.9. The molecule has 0 aliphatic carbocycles. The van der Waals surface area contributed by atoms with Crippen molar-refractivity contribution in [3.05, 3.63) is 53.6 Å². The minimum absolute atomic E-state index is 0.0526. The number of piperazine rings is 1. The summed E-state index contributed by atoms with van der Waals surface area (Å²) in [4.78, 5) is 27.0. The van der Waals surface area contributed by atoms with Crippen molar-refractivity contribution >= 4 is 56.1 Å². The number of hydrogen-bond donors (Lipinski definition) is 0. The number of aromatic nitrogens is 2. The molecule has 2 atom stereocenters. The molecule has 2 aliphatic heterocycles. The highest BCUT2D eigenvalue weighted by Crippen LogP contribution is 2.31. The normalized spacial score (nSPS) is 21.1. The lowest BCUT2D eigenvalue weighted by molar-refractivity contribution is -0.129. The fourth-order valence-electron chi connectivity index (χ4n) is 4.78. The number of rotatable bonds is 6. The summed E-state index contributed by atoms with van der Waals surface area (Å²) in [5.41, 5.74) is 1.59. The van der Waals surface area contributed by atoms with Crippen LogP contribution >= 0.6 is 23.4 Å². The Bertz CT molecular complexity index is 1400. The lowest BCUT2D eigenvalue weighted by atomic mass is 10.2. The SMILES string of the molecule is CC1CN(c2nc3ccccc3nc2SCC(=O)N2CCN(S(=O)(=O)c3ccc(Cl)cc3)CC2)CC(C)O1. The maximum absolute atomic E-state index is 13.1. The maximum Gasteiger partial charge on any atom is 0.243 e. The summed E-state index contributed by atoms with van der Waals surface area (Å²) in [6.45, 7) is 6.63. The number of fused-ring (bicyclic) bond motifs is 1. The van der Waals surface area contributed by atoms with Crippen LogP contribution in [0.1, 0.15) is 13.8 Å². The monoisotopic (exact) mass is 575 g/mol. The van der Waals surface area contributed by atoms with E-state index in [0.29, 0.717) is 36.2 Å². The molecule has 0 spiro atoms. The first kappa shape index (κ1) is 27.1. The zero-order valence-electron chi connectivity index (χ0n) is 21.3. The van der Waals surface area contributed by atoms with Crippen LogP contribution in [0.5, 0.6) is 0 Å². The average molecular weight is 576 g/mol. The molecule has 2 unspecified atom stereocenters. The van der Waals surface area contributed by atoms with E-state index in [2.05, 4.69) is 4.90 Å². The Morgan fingerprint density at radius 1 is 0.974 bits per heavy atom. The number of ether oxygens (including phenoxy) is 1. The average Bonchev–Trinajstić information content (AvgIpc) is 2.91. The second kappa shape index (κ2) is 11.4. The van der Waals surface area contributed by atoms with Gasteiger partial charge in [0.15, 0.2) is 5.82 Å². The van der Waals surface area contributed by atoms with Crippen molar-refractivity contribution in [1.29, 1.82) is 0 Å². The van der Waals surface area contributed by atoms with Gasteiger partial charge in [0.25, 0.3) is 0 Å². The Balaban J connectivity index is 1.26. The number of benzene rings is 2. The third-order valence-corrected chi connectivity index (χ3v) is 9.72. The van der Waals surface area contributed by atoms with Gasteiger partial charge in [-0.05, 0) is 50.2 Å². The topological polar surface area (TPSA) is 95.9 Å². The summed E-state index contributed by atoms with van der Waals surface area (Å²) < 4.78 is 33.3. The highest BCUT2D eigenvalue weighted by Gasteiger charge is 2.31. The summed E-state index contributed by atoms with van der Waals surface area (Å²) >= 11 is 7.27. The highest BCUT2D eigenvalue weighted by atomic mass is 35.5. The predicted octanol–water partition coefficient (Wildman–Crippen LogP) is 3.52. The van der Waals surface area contributed by atoms with Crippen molar-refractivity contribution in [3.8, 4) is 0 Å². The first-order chi connectivity index (χ1) is 18.2. The largest absolute Gasteiger partial charge is 0.372 e. The molecule has 12 heteroatoms. The number of nitrogens with zero attached hydrogens (tertiary/aromatic N) is 5. The molecule has 2 fully saturated rings. The number of amides is 1. The predicted molar refractivity (Wildman–Crippen MR) is 149 cm³/mol. The molecule has 1 amide bonds. The van der Waals surface area contributed by atoms with Gasteiger partial charge in [0.2, 0.25) is 15.9 Å². The molecule has 38 heavy (non-hydrogen) atoms. The van der Waals surface area contributed by atoms with E-state index in [1.807, 2.05) is 38.1 Å². The Labute approximate surface area is 232 Å². The van der Waals surface area contributed by atoms with Crippen LogP contribution in [-0.4, -0.2) is 90.7 Å². The van der Waals surface area contributed by atoms with Gasteiger partial charge in [-0.2, -0.15) is 4.31 Å². The van der Waals surface area contributed by atoms with E-state index in [4.69, 9.17) is 26.3 Å². The van der Waals surface area contributed by atoms with Crippen molar-refractivity contribution in [2.75, 3.05) is 49.9 Å². The molecule has 0 bridgehead atoms. The quantitative estimate of drug-likeness (QED) is 0.412. The van der Waals surface area contributed by atoms with E-state index in [0.717, 1.165) is 16.9 Å². The summed E-state index contributed by atoms with van der Waals surface area (Å²) in [5.74, 6) is 0.907. The number of thioether (sulfide) groups is 1. The standard InChI is InChI=1S/C26H30ClN5O4S2/c1-18-15-31(16-19(2)36-18)25-26(29-23-6-4-3-5-22(23)28-25)37-17-24(33)30-11-13-32(14-12-30)38(34,35)21-9-7-20(27)8-10-21/h3-10,18-19H,11-17H2,1-2H3. The molecule has 3 heterocycles. The van der Waals surface area contributed by atoms with Gasteiger partial charge >= 0.3 is 0 Å². The lowest BCUT2D eigenvalue weighted by Gasteiger charge is -2.36. The molecule has 9 nitrogen and oxygen atoms in total. The van der Waals surface area contributed by atoms with Gasteiger partial charge in [0, 0.05) is 44.3 Å². The number of morpholine rings is 1. The second-order valence-corrected chi connectivity index (χ2v) is 12.9. The Morgan fingerprint density at radius 2 is 1.58 bits per heavy atom. The van der Waals surface area contributed by atoms with Crippen molar-refractivity contribution in [3.63, 3.8) is 0 Å². The van der Waals surface area contributed by atoms with Crippen LogP contribution in [0.15, 0.2) is 58.5 Å². The van der Waals surface area contributed by atoms with E-state index in [1.165, 1.54) is 28.2 Å². The molecular formula is C26H30ClN5O4S2. The van der Waals surface area contributed by atoms with E-state index in [1.54, 1.807) is 17.0 Å². The van der Waals surface area contributed by atoms with E-state index in [9.17, 15) is 13.2 Å². The van der Waals surface area contributed by atoms with Gasteiger partial charge < -0.3 is 14.5 Å². The van der Waals surface area contributed by atoms with Crippen LogP contribution in [-0.2, 0) is 19.6 Å². The van der Waals surface area contributed by atoms with Crippen molar-refractivity contribution in [2.24, 2.45) is 0 Å². The summed E-state index contributed by atoms with van der Waals surface area (Å²) in [5, 5.41) is 1.19. The smallest absolute Gasteiger partial charge is 0.243 e. The van der Waals surface area contributed by atoms with Crippen LogP contribution in [0.2, 0.25) is 5.02 Å². The Morgan fingerprint density at radius 3 is 2.21 bits per heavy atom. The summed E-state index contributed by atoms with van der Waals surface area (Å²) in [6, 6.07) is 13.9. The van der Waals surface area contributed by atoms with Crippen molar-refractivity contribution < 1.29 is 17.9 Å². The van der Waals surface area contributed by atoms with Crippen LogP contribution < -0.4 is 4.90 Å². The molecular weight excluding hydrogens is 546 g/mol. The number of halogens is 1. The van der Waals surface area contributed by atoms with E-state index < -0.39 is 10.0 Å². The van der Waals surface area contributed by atoms with Crippen LogP contribution in [0.25, 0.3) is 11.0 Å². The lowest BCUT2D eigenvalue weighted by Crippen LogP contribution is -2.51. The molecule has 202 valence electrons. The van der Waals surface area contributed by atoms with E-state index in [-0.39, 0.29) is 41.9 Å². The van der Waals surface area contributed by atoms with E-state index >= 15 is 0 Å². The minimum Gasteiger partial charge on any atom is -0.372 e. The van der Waals surface area contributed by atoms with Gasteiger partial charge in [0.05, 0.1) is 33.9 Å². The maximum atomic E-state index is 13.1. The third kappa shape index (κ3) is 5.91. The molecule has 1 aromatic heterocycles. The second-order valence-electron chi connectivity index (χ2n) is 9.53. The van der Waals surface area contributed by atoms with Gasteiger partial charge in [-0.1, -0.05) is 35.5 Å². The number of sulfonamides is 1. The van der Waals surface area contributed by atoms with Gasteiger partial charge in [0.1, 0.15) is 5.03 Å². The fraction of sp³-hybridized carbons (Fsp3) is 0.423. The van der Waals surface area contributed by atoms with Crippen molar-refractivity contribution in [2.45, 2.75) is 36.0 Å². The van der Waals surface area contributed by atoms with Crippen LogP contribution in [0.4, 0.5) is 5.82 Å². The molecule has 2 aromatic carbocycles. The number of carbonyl (C=O) groups excluding carboxylic acids is 1. The number of anilines is 1. The minimum atomic E-state index is -3.63. The van der Waals surface area contributed by atoms with Crippen molar-refractivity contribution in [1.82, 2.24) is 19.2 Å². The molecule has 0 N–H and O–H groups in total. The van der Waals surface area contributed by atoms with Crippen LogP contribution in [0, 0.1) is 0 Å². The molecule has 2 saturated heterocycles. The highest BCUT2D eigenvalue weighted by molar-refractivity contribution is 8.00. The number of carbonyl (C=O) groups is 1. The fourth-order valence-corrected chi connectivity index (χ4v) is 7.24. The third-order valence-electron chi connectivity index (χ3n) is 6.62. The molecule has 2 aliphatic rings. The first-order valence-electron chi connectivity index (χ1n) is 12.5. The zero-order valence-corrected chi connectivity index (χ0v) is 23.7. The van der Waals surface area contributed by atoms with Gasteiger partial charge in [-0.25, -0.2) is 18.4 Å². The molecule has 0 saturated carbocycles. The summed E-state index contributed by atoms with van der Waals surface area (Å²) in [6.07, 6.45) is 0.124. The first-order valence-corrected chi connectivity index (χ1v) is 15.3. The van der Waals surface area contributed by atoms with Gasteiger partial charge in [-0.3, -0.25) is 4.79 Å². The Hall–Kier alpha value is -2.44. The van der Waals surface area contributed by atoms with Crippen LogP contribution in [0.3, 0.4) is 0 Å². The van der Waals surface area contributed by atoms with Gasteiger partial charge in [-0.15, -0.1) is 0 Å². The Kier molecular flexibility index (Phi) is 8.11. The molecule has 3 aromatic rings. The number of para-hydroxylation sites is 2.